The van der Waals surface area contributed by atoms with Crippen LogP contribution in [0, 0.1) is 17.7 Å². The Balaban J connectivity index is 0.000000507. The Morgan fingerprint density at radius 3 is 2.39 bits per heavy atom. The first-order valence-corrected chi connectivity index (χ1v) is 13.3. The molecule has 0 saturated carbocycles. The summed E-state index contributed by atoms with van der Waals surface area (Å²) in [5.74, 6) is -3.08. The van der Waals surface area contributed by atoms with Gasteiger partial charge in [-0.15, -0.1) is 5.10 Å². The number of hydrogen-bond donors (Lipinski definition) is 3. The fourth-order valence-corrected chi connectivity index (χ4v) is 4.58. The minimum Gasteiger partial charge on any atom is -0.478 e. The largest absolute Gasteiger partial charge is 0.478 e. The number of benzene rings is 1. The molecule has 222 valence electrons. The highest BCUT2D eigenvalue weighted by Crippen LogP contribution is 2.22. The Morgan fingerprint density at radius 2 is 1.78 bits per heavy atom. The summed E-state index contributed by atoms with van der Waals surface area (Å²) < 4.78 is 20.8. The Bertz CT molecular complexity index is 1230. The number of amides is 2. The lowest BCUT2D eigenvalue weighted by Gasteiger charge is -2.39. The van der Waals surface area contributed by atoms with Gasteiger partial charge in [0.25, 0.3) is 5.91 Å². The highest BCUT2D eigenvalue weighted by Gasteiger charge is 2.36. The van der Waals surface area contributed by atoms with Crippen molar-refractivity contribution >= 4 is 23.8 Å². The van der Waals surface area contributed by atoms with Crippen molar-refractivity contribution < 1.29 is 38.5 Å². The van der Waals surface area contributed by atoms with Crippen molar-refractivity contribution in [2.24, 2.45) is 11.8 Å². The number of piperidine rings is 1. The average Bonchev–Trinajstić information content (AvgIpc) is 3.45. The van der Waals surface area contributed by atoms with Crippen LogP contribution < -0.4 is 5.32 Å². The summed E-state index contributed by atoms with van der Waals surface area (Å²) in [5.41, 5.74) is 0.385. The van der Waals surface area contributed by atoms with Crippen molar-refractivity contribution in [1.29, 1.82) is 0 Å². The van der Waals surface area contributed by atoms with Crippen molar-refractivity contribution in [2.45, 2.75) is 26.3 Å². The lowest BCUT2D eigenvalue weighted by molar-refractivity contribution is -0.140. The van der Waals surface area contributed by atoms with Crippen molar-refractivity contribution in [1.82, 2.24) is 30.1 Å². The lowest BCUT2D eigenvalue weighted by Crippen LogP contribution is -2.56. The van der Waals surface area contributed by atoms with E-state index >= 15 is 0 Å². The molecule has 14 heteroatoms. The number of nitrogens with one attached hydrogen (secondary N) is 1. The lowest BCUT2D eigenvalue weighted by atomic mass is 9.92. The third kappa shape index (κ3) is 9.18. The zero-order valence-corrected chi connectivity index (χ0v) is 23.0. The quantitative estimate of drug-likeness (QED) is 0.388. The van der Waals surface area contributed by atoms with E-state index in [1.165, 1.54) is 16.9 Å². The number of carbonyl (C=O) groups is 4. The highest BCUT2D eigenvalue weighted by molar-refractivity contribution is 5.92. The first-order valence-electron chi connectivity index (χ1n) is 13.3. The third-order valence-electron chi connectivity index (χ3n) is 6.44. The summed E-state index contributed by atoms with van der Waals surface area (Å²) in [4.78, 5) is 49.3. The van der Waals surface area contributed by atoms with Crippen LogP contribution in [0.4, 0.5) is 4.39 Å². The summed E-state index contributed by atoms with van der Waals surface area (Å²) in [5, 5.41) is 27.0. The Kier molecular flexibility index (Phi) is 11.5. The molecule has 2 aromatic rings. The van der Waals surface area contributed by atoms with Crippen molar-refractivity contribution in [3.63, 3.8) is 0 Å². The average molecular weight is 575 g/mol. The van der Waals surface area contributed by atoms with E-state index in [4.69, 9.17) is 14.9 Å². The molecule has 0 spiro atoms. The molecule has 2 aliphatic rings. The number of rotatable bonds is 8. The predicted molar refractivity (Wildman–Crippen MR) is 144 cm³/mol. The number of halogens is 1. The van der Waals surface area contributed by atoms with Crippen LogP contribution in [0.15, 0.2) is 42.6 Å². The molecule has 2 amide bonds. The number of carbonyl (C=O) groups excluding carboxylic acids is 2. The number of aromatic nitrogens is 3. The van der Waals surface area contributed by atoms with E-state index in [2.05, 4.69) is 15.6 Å². The second kappa shape index (κ2) is 15.0. The molecule has 0 radical (unpaired) electrons. The number of carboxylic acid groups (broad SMARTS) is 2. The fraction of sp³-hybridized carbons (Fsp3) is 0.481. The number of nitrogens with zero attached hydrogens (tertiary/aromatic N) is 5. The number of hydrogen-bond acceptors (Lipinski definition) is 8. The van der Waals surface area contributed by atoms with E-state index in [1.54, 1.807) is 23.1 Å². The van der Waals surface area contributed by atoms with E-state index < -0.39 is 17.8 Å². The zero-order chi connectivity index (χ0) is 29.9. The van der Waals surface area contributed by atoms with Gasteiger partial charge in [0.2, 0.25) is 5.91 Å². The molecule has 2 aliphatic heterocycles. The maximum absolute atomic E-state index is 14.1. The topological polar surface area (TPSA) is 167 Å². The van der Waals surface area contributed by atoms with Crippen LogP contribution >= 0.6 is 0 Å². The molecule has 13 nitrogen and oxygen atoms in total. The van der Waals surface area contributed by atoms with E-state index in [-0.39, 0.29) is 41.1 Å². The van der Waals surface area contributed by atoms with Crippen LogP contribution in [0.3, 0.4) is 0 Å². The number of carboxylic acids is 2. The molecule has 3 heterocycles. The predicted octanol–water partition coefficient (Wildman–Crippen LogP) is 1.05. The van der Waals surface area contributed by atoms with Crippen molar-refractivity contribution in [3.05, 3.63) is 54.1 Å². The molecular formula is C27H35FN6O7. The molecule has 2 saturated heterocycles. The maximum atomic E-state index is 14.1. The molecule has 0 unspecified atom stereocenters. The molecule has 1 aromatic heterocycles. The second-order valence-electron chi connectivity index (χ2n) is 10.0. The van der Waals surface area contributed by atoms with E-state index in [1.807, 2.05) is 18.7 Å². The molecule has 3 N–H and O–H groups in total. The van der Waals surface area contributed by atoms with Crippen LogP contribution in [-0.4, -0.2) is 111 Å². The van der Waals surface area contributed by atoms with Crippen LogP contribution in [-0.2, 0) is 19.1 Å². The third-order valence-corrected chi connectivity index (χ3v) is 6.44. The monoisotopic (exact) mass is 574 g/mol. The molecular weight excluding hydrogens is 539 g/mol. The van der Waals surface area contributed by atoms with Gasteiger partial charge in [-0.25, -0.2) is 18.7 Å². The van der Waals surface area contributed by atoms with Crippen LogP contribution in [0.2, 0.25) is 0 Å². The first-order chi connectivity index (χ1) is 19.6. The van der Waals surface area contributed by atoms with Gasteiger partial charge < -0.3 is 30.1 Å². The fourth-order valence-electron chi connectivity index (χ4n) is 4.58. The van der Waals surface area contributed by atoms with Gasteiger partial charge in [-0.3, -0.25) is 9.59 Å². The van der Waals surface area contributed by atoms with Gasteiger partial charge in [0, 0.05) is 50.9 Å². The Hall–Kier alpha value is -4.17. The normalized spacial score (nSPS) is 19.0. The number of ether oxygens (including phenoxy) is 1. The van der Waals surface area contributed by atoms with Crippen LogP contribution in [0.25, 0.3) is 5.69 Å². The van der Waals surface area contributed by atoms with Crippen molar-refractivity contribution in [3.8, 4) is 5.69 Å². The van der Waals surface area contributed by atoms with Gasteiger partial charge in [-0.2, -0.15) is 0 Å². The molecule has 0 aliphatic carbocycles. The Morgan fingerprint density at radius 1 is 1.12 bits per heavy atom. The minimum absolute atomic E-state index is 0.109. The van der Waals surface area contributed by atoms with Crippen molar-refractivity contribution in [2.75, 3.05) is 45.9 Å². The van der Waals surface area contributed by atoms with Gasteiger partial charge in [0.05, 0.1) is 25.3 Å². The summed E-state index contributed by atoms with van der Waals surface area (Å²) >= 11 is 0. The Labute approximate surface area is 236 Å². The number of para-hydroxylation sites is 1. The smallest absolute Gasteiger partial charge is 0.328 e. The number of aliphatic carboxylic acids is 2. The molecule has 2 fully saturated rings. The standard InChI is InChI=1S/C23H31FN6O3.C4H4O4/c1-16(2)14-29(18-11-17(12-25-13-18)22(31)28-7-9-33-10-8-28)23(32)20-15-30(27-26-20)21-6-4-3-5-19(21)24;5-3(6)1-2-4(7)8/h3-6,15-18,25H,7-14H2,1-2H3;1-2H,(H,5,6)(H,7,8)/b;2-1+/t17-,18+;/m1./s1. The van der Waals surface area contributed by atoms with E-state index in [9.17, 15) is 23.6 Å². The highest BCUT2D eigenvalue weighted by atomic mass is 19.1. The molecule has 2 atom stereocenters. The van der Waals surface area contributed by atoms with Gasteiger partial charge >= 0.3 is 11.9 Å². The summed E-state index contributed by atoms with van der Waals surface area (Å²) in [6.07, 6.45) is 3.16. The maximum Gasteiger partial charge on any atom is 0.328 e. The van der Waals surface area contributed by atoms with E-state index in [0.717, 1.165) is 0 Å². The van der Waals surface area contributed by atoms with Gasteiger partial charge in [0.15, 0.2) is 5.69 Å². The summed E-state index contributed by atoms with van der Waals surface area (Å²) in [6, 6.07) is 6.06. The zero-order valence-electron chi connectivity index (χ0n) is 23.0. The first kappa shape index (κ1) is 31.4. The van der Waals surface area contributed by atoms with Crippen LogP contribution in [0.1, 0.15) is 30.8 Å². The molecule has 4 rings (SSSR count). The molecule has 1 aromatic carbocycles. The number of morpholine rings is 1. The molecule has 0 bridgehead atoms. The van der Waals surface area contributed by atoms with Gasteiger partial charge in [-0.05, 0) is 24.5 Å². The van der Waals surface area contributed by atoms with Gasteiger partial charge in [-0.1, -0.05) is 31.2 Å². The summed E-state index contributed by atoms with van der Waals surface area (Å²) in [6.45, 7) is 8.15. The second-order valence-corrected chi connectivity index (χ2v) is 10.0. The van der Waals surface area contributed by atoms with E-state index in [0.29, 0.717) is 64.5 Å². The molecule has 41 heavy (non-hydrogen) atoms. The summed E-state index contributed by atoms with van der Waals surface area (Å²) in [7, 11) is 0. The minimum atomic E-state index is -1.26. The van der Waals surface area contributed by atoms with Gasteiger partial charge in [0.1, 0.15) is 11.5 Å². The van der Waals surface area contributed by atoms with Crippen LogP contribution in [0.5, 0.6) is 0 Å². The SMILES string of the molecule is CC(C)CN(C(=O)c1cn(-c2ccccc2F)nn1)[C@@H]1CNC[C@H](C(=O)N2CCOCC2)C1.O=C(O)/C=C/C(=O)O.